The predicted octanol–water partition coefficient (Wildman–Crippen LogP) is 2.52. The Hall–Kier alpha value is -0.730. The van der Waals surface area contributed by atoms with Crippen molar-refractivity contribution in [3.05, 3.63) is 0 Å². The van der Waals surface area contributed by atoms with Crippen LogP contribution in [0.15, 0.2) is 4.99 Å². The topological polar surface area (TPSA) is 71.2 Å². The van der Waals surface area contributed by atoms with Gasteiger partial charge in [0.25, 0.3) is 0 Å². The van der Waals surface area contributed by atoms with Crippen molar-refractivity contribution in [3.63, 3.8) is 0 Å². The molecule has 0 aromatic carbocycles. The molecule has 7 heteroatoms. The number of carbonyl (C=O) groups excluding carboxylic acids is 1. The highest BCUT2D eigenvalue weighted by atomic mass is 127. The molecule has 0 bridgehead atoms. The fourth-order valence-corrected chi connectivity index (χ4v) is 2.24. The van der Waals surface area contributed by atoms with Crippen molar-refractivity contribution >= 4 is 36.0 Å². The van der Waals surface area contributed by atoms with Crippen LogP contribution in [-0.4, -0.2) is 60.7 Å². The molecule has 0 spiro atoms. The number of guanidine groups is 1. The minimum absolute atomic E-state index is 0. The van der Waals surface area contributed by atoms with Crippen molar-refractivity contribution < 1.29 is 9.53 Å². The summed E-state index contributed by atoms with van der Waals surface area (Å²) in [5, 5.41) is 0. The largest absolute Gasteiger partial charge is 0.444 e. The van der Waals surface area contributed by atoms with Gasteiger partial charge in [0.15, 0.2) is 5.96 Å². The third-order valence-corrected chi connectivity index (χ3v) is 3.40. The summed E-state index contributed by atoms with van der Waals surface area (Å²) in [4.78, 5) is 19.8. The maximum absolute atomic E-state index is 11.8. The van der Waals surface area contributed by atoms with E-state index in [-0.39, 0.29) is 30.1 Å². The third kappa shape index (κ3) is 8.05. The Bertz CT molecular complexity index is 382. The second-order valence-electron chi connectivity index (χ2n) is 6.84. The second kappa shape index (κ2) is 9.42. The molecule has 0 aromatic heterocycles. The summed E-state index contributed by atoms with van der Waals surface area (Å²) >= 11 is 0. The quantitative estimate of drug-likeness (QED) is 0.428. The first-order chi connectivity index (χ1) is 9.69. The summed E-state index contributed by atoms with van der Waals surface area (Å²) in [5.74, 6) is 1.25. The lowest BCUT2D eigenvalue weighted by atomic mass is 10.0. The number of amides is 1. The standard InChI is InChI=1S/C15H30N4O2.HI/c1-12-7-6-9-19(11-12)13(16)17-8-10-18(5)14(20)21-15(2,3)4;/h12H,6-11H2,1-5H3,(H2,16,17);1H. The van der Waals surface area contributed by atoms with E-state index in [1.165, 1.54) is 11.3 Å². The first-order valence-corrected chi connectivity index (χ1v) is 7.68. The highest BCUT2D eigenvalue weighted by Gasteiger charge is 2.20. The molecule has 0 aromatic rings. The molecule has 1 amide bonds. The summed E-state index contributed by atoms with van der Waals surface area (Å²) in [6.45, 7) is 10.7. The molecule has 1 atom stereocenters. The van der Waals surface area contributed by atoms with Crippen molar-refractivity contribution in [1.82, 2.24) is 9.80 Å². The van der Waals surface area contributed by atoms with Crippen LogP contribution in [0.25, 0.3) is 0 Å². The Balaban J connectivity index is 0.00000441. The minimum Gasteiger partial charge on any atom is -0.444 e. The Morgan fingerprint density at radius 3 is 2.64 bits per heavy atom. The Kier molecular flexibility index (Phi) is 9.11. The number of aliphatic imine (C=N–C) groups is 1. The van der Waals surface area contributed by atoms with E-state index in [1.54, 1.807) is 7.05 Å². The van der Waals surface area contributed by atoms with Gasteiger partial charge in [-0.3, -0.25) is 4.99 Å². The van der Waals surface area contributed by atoms with Crippen molar-refractivity contribution in [3.8, 4) is 0 Å². The van der Waals surface area contributed by atoms with Crippen LogP contribution in [0, 0.1) is 5.92 Å². The minimum atomic E-state index is -0.475. The number of carbonyl (C=O) groups is 1. The van der Waals surface area contributed by atoms with Gasteiger partial charge in [0.2, 0.25) is 0 Å². The van der Waals surface area contributed by atoms with Gasteiger partial charge in [0, 0.05) is 26.7 Å². The highest BCUT2D eigenvalue weighted by molar-refractivity contribution is 14.0. The van der Waals surface area contributed by atoms with E-state index in [0.29, 0.717) is 25.0 Å². The first kappa shape index (κ1) is 21.3. The fraction of sp³-hybridized carbons (Fsp3) is 0.867. The Morgan fingerprint density at radius 1 is 1.45 bits per heavy atom. The lowest BCUT2D eigenvalue weighted by molar-refractivity contribution is 0.0304. The van der Waals surface area contributed by atoms with Gasteiger partial charge in [-0.15, -0.1) is 24.0 Å². The number of nitrogens with two attached hydrogens (primary N) is 1. The number of piperidine rings is 1. The van der Waals surface area contributed by atoms with Crippen molar-refractivity contribution in [2.75, 3.05) is 33.2 Å². The second-order valence-corrected chi connectivity index (χ2v) is 6.84. The normalized spacial score (nSPS) is 19.4. The molecule has 1 heterocycles. The maximum atomic E-state index is 11.8. The van der Waals surface area contributed by atoms with Crippen LogP contribution in [-0.2, 0) is 4.74 Å². The molecule has 1 fully saturated rings. The monoisotopic (exact) mass is 426 g/mol. The first-order valence-electron chi connectivity index (χ1n) is 7.68. The number of halogens is 1. The third-order valence-electron chi connectivity index (χ3n) is 3.40. The lowest BCUT2D eigenvalue weighted by Crippen LogP contribution is -2.44. The number of likely N-dealkylation sites (tertiary alicyclic amines) is 1. The molecule has 1 aliphatic heterocycles. The van der Waals surface area contributed by atoms with E-state index in [2.05, 4.69) is 16.8 Å². The molecule has 0 saturated carbocycles. The lowest BCUT2D eigenvalue weighted by Gasteiger charge is -2.31. The smallest absolute Gasteiger partial charge is 0.410 e. The predicted molar refractivity (Wildman–Crippen MR) is 101 cm³/mol. The van der Waals surface area contributed by atoms with E-state index in [0.717, 1.165) is 19.5 Å². The number of likely N-dealkylation sites (N-methyl/N-ethyl adjacent to an activating group) is 1. The van der Waals surface area contributed by atoms with Crippen molar-refractivity contribution in [1.29, 1.82) is 0 Å². The van der Waals surface area contributed by atoms with Gasteiger partial charge in [0.1, 0.15) is 5.60 Å². The average Bonchev–Trinajstić information content (AvgIpc) is 2.36. The summed E-state index contributed by atoms with van der Waals surface area (Å²) in [5.41, 5.74) is 5.54. The van der Waals surface area contributed by atoms with Crippen LogP contribution in [0.2, 0.25) is 0 Å². The van der Waals surface area contributed by atoms with E-state index >= 15 is 0 Å². The number of hydrogen-bond donors (Lipinski definition) is 1. The molecular formula is C15H31IN4O2. The van der Waals surface area contributed by atoms with Gasteiger partial charge >= 0.3 is 6.09 Å². The van der Waals surface area contributed by atoms with E-state index in [4.69, 9.17) is 10.5 Å². The zero-order valence-electron chi connectivity index (χ0n) is 14.5. The molecule has 130 valence electrons. The van der Waals surface area contributed by atoms with Crippen molar-refractivity contribution in [2.24, 2.45) is 16.6 Å². The molecule has 22 heavy (non-hydrogen) atoms. The molecule has 1 unspecified atom stereocenters. The maximum Gasteiger partial charge on any atom is 0.410 e. The van der Waals surface area contributed by atoms with Crippen LogP contribution in [0.3, 0.4) is 0 Å². The molecule has 1 aliphatic rings. The van der Waals surface area contributed by atoms with E-state index in [9.17, 15) is 4.79 Å². The molecular weight excluding hydrogens is 395 g/mol. The zero-order valence-corrected chi connectivity index (χ0v) is 16.8. The molecule has 2 N–H and O–H groups in total. The van der Waals surface area contributed by atoms with Crippen LogP contribution in [0.1, 0.15) is 40.5 Å². The van der Waals surface area contributed by atoms with Crippen LogP contribution in [0.4, 0.5) is 4.79 Å². The number of rotatable bonds is 3. The van der Waals surface area contributed by atoms with Gasteiger partial charge in [-0.2, -0.15) is 0 Å². The number of ether oxygens (including phenoxy) is 1. The van der Waals surface area contributed by atoms with Crippen LogP contribution >= 0.6 is 24.0 Å². The van der Waals surface area contributed by atoms with E-state index in [1.807, 2.05) is 20.8 Å². The van der Waals surface area contributed by atoms with Crippen LogP contribution < -0.4 is 5.73 Å². The molecule has 6 nitrogen and oxygen atoms in total. The van der Waals surface area contributed by atoms with Gasteiger partial charge in [-0.25, -0.2) is 4.79 Å². The highest BCUT2D eigenvalue weighted by Crippen LogP contribution is 2.14. The van der Waals surface area contributed by atoms with Gasteiger partial charge in [0.05, 0.1) is 6.54 Å². The number of hydrogen-bond acceptors (Lipinski definition) is 3. The fourth-order valence-electron chi connectivity index (χ4n) is 2.24. The van der Waals surface area contributed by atoms with E-state index < -0.39 is 5.60 Å². The molecule has 0 aliphatic carbocycles. The SMILES string of the molecule is CC1CCCN(C(N)=NCCN(C)C(=O)OC(C)(C)C)C1.I. The summed E-state index contributed by atoms with van der Waals surface area (Å²) in [7, 11) is 1.71. The van der Waals surface area contributed by atoms with Gasteiger partial charge in [-0.1, -0.05) is 6.92 Å². The van der Waals surface area contributed by atoms with Crippen LogP contribution in [0.5, 0.6) is 0 Å². The van der Waals surface area contributed by atoms with Crippen molar-refractivity contribution in [2.45, 2.75) is 46.1 Å². The molecule has 1 rings (SSSR count). The number of nitrogens with zero attached hydrogens (tertiary/aromatic N) is 3. The molecule has 0 radical (unpaired) electrons. The summed E-state index contributed by atoms with van der Waals surface area (Å²) in [6.07, 6.45) is 2.09. The average molecular weight is 426 g/mol. The Morgan fingerprint density at radius 2 is 2.09 bits per heavy atom. The summed E-state index contributed by atoms with van der Waals surface area (Å²) in [6, 6.07) is 0. The summed E-state index contributed by atoms with van der Waals surface area (Å²) < 4.78 is 5.28. The Labute approximate surface area is 151 Å². The van der Waals surface area contributed by atoms with Gasteiger partial charge in [-0.05, 0) is 39.5 Å². The van der Waals surface area contributed by atoms with Gasteiger partial charge < -0.3 is 20.3 Å². The molecule has 1 saturated heterocycles. The zero-order chi connectivity index (χ0) is 16.0.